The number of hydrogen-bond acceptors (Lipinski definition) is 6. The van der Waals surface area contributed by atoms with Gasteiger partial charge in [0.1, 0.15) is 18.3 Å². The molecule has 0 radical (unpaired) electrons. The third-order valence-corrected chi connectivity index (χ3v) is 2.89. The number of H-pyrrole nitrogens is 1. The Morgan fingerprint density at radius 3 is 2.83 bits per heavy atom. The molecule has 8 nitrogen and oxygen atoms in total. The topological polar surface area (TPSA) is 114 Å². The second-order valence-electron chi connectivity index (χ2n) is 3.96. The minimum Gasteiger partial charge on any atom is -0.394 e. The second-order valence-corrected chi connectivity index (χ2v) is 3.96. The molecule has 0 amide bonds. The van der Waals surface area contributed by atoms with E-state index in [0.29, 0.717) is 0 Å². The van der Waals surface area contributed by atoms with E-state index < -0.39 is 42.4 Å². The van der Waals surface area contributed by atoms with Crippen LogP contribution in [0.5, 0.6) is 0 Å². The number of ether oxygens (including phenoxy) is 2. The molecule has 1 aliphatic heterocycles. The van der Waals surface area contributed by atoms with Crippen LogP contribution in [-0.4, -0.2) is 51.8 Å². The van der Waals surface area contributed by atoms with E-state index in [1.54, 1.807) is 0 Å². The SMILES string of the molecule is CO[C@H]1[C@H](O)[C@H](CO)O[C@@H]1n1ccc(=O)[nH]c1=O. The second kappa shape index (κ2) is 5.02. The first kappa shape index (κ1) is 13.0. The number of methoxy groups -OCH3 is 1. The third-order valence-electron chi connectivity index (χ3n) is 2.89. The molecule has 0 saturated carbocycles. The van der Waals surface area contributed by atoms with E-state index in [0.717, 1.165) is 10.6 Å². The molecule has 0 unspecified atom stereocenters. The Morgan fingerprint density at radius 1 is 1.56 bits per heavy atom. The van der Waals surface area contributed by atoms with Crippen LogP contribution in [0.2, 0.25) is 0 Å². The number of nitrogens with one attached hydrogen (secondary N) is 1. The molecule has 3 N–H and O–H groups in total. The van der Waals surface area contributed by atoms with Crippen molar-refractivity contribution in [2.45, 2.75) is 24.5 Å². The fourth-order valence-corrected chi connectivity index (χ4v) is 1.98. The number of aromatic amines is 1. The van der Waals surface area contributed by atoms with Crippen molar-refractivity contribution in [1.82, 2.24) is 9.55 Å². The minimum absolute atomic E-state index is 0.393. The highest BCUT2D eigenvalue weighted by Gasteiger charge is 2.45. The first-order valence-corrected chi connectivity index (χ1v) is 5.37. The fourth-order valence-electron chi connectivity index (χ4n) is 1.98. The van der Waals surface area contributed by atoms with Gasteiger partial charge in [0.15, 0.2) is 6.23 Å². The van der Waals surface area contributed by atoms with E-state index in [9.17, 15) is 14.7 Å². The maximum Gasteiger partial charge on any atom is 0.330 e. The molecule has 0 aliphatic carbocycles. The molecule has 0 bridgehead atoms. The van der Waals surface area contributed by atoms with Gasteiger partial charge in [-0.3, -0.25) is 14.3 Å². The summed E-state index contributed by atoms with van der Waals surface area (Å²) in [5.74, 6) is 0. The Hall–Kier alpha value is -1.48. The zero-order valence-electron chi connectivity index (χ0n) is 9.65. The summed E-state index contributed by atoms with van der Waals surface area (Å²) in [5.41, 5.74) is -1.19. The molecule has 0 aromatic carbocycles. The largest absolute Gasteiger partial charge is 0.394 e. The lowest BCUT2D eigenvalue weighted by molar-refractivity contribution is -0.0625. The number of aromatic nitrogens is 2. The van der Waals surface area contributed by atoms with Crippen LogP contribution in [0.1, 0.15) is 6.23 Å². The Balaban J connectivity index is 2.38. The molecular weight excluding hydrogens is 244 g/mol. The van der Waals surface area contributed by atoms with Gasteiger partial charge in [0.05, 0.1) is 6.61 Å². The van der Waals surface area contributed by atoms with Crippen molar-refractivity contribution in [3.63, 3.8) is 0 Å². The van der Waals surface area contributed by atoms with E-state index >= 15 is 0 Å². The van der Waals surface area contributed by atoms with Gasteiger partial charge in [-0.05, 0) is 0 Å². The van der Waals surface area contributed by atoms with Crippen molar-refractivity contribution in [3.8, 4) is 0 Å². The van der Waals surface area contributed by atoms with Gasteiger partial charge < -0.3 is 19.7 Å². The third kappa shape index (κ3) is 2.10. The summed E-state index contributed by atoms with van der Waals surface area (Å²) in [6.07, 6.45) is -2.33. The summed E-state index contributed by atoms with van der Waals surface area (Å²) in [6.45, 7) is -0.393. The van der Waals surface area contributed by atoms with E-state index in [2.05, 4.69) is 4.98 Å². The van der Waals surface area contributed by atoms with Crippen LogP contribution in [-0.2, 0) is 9.47 Å². The van der Waals surface area contributed by atoms with Gasteiger partial charge in [-0.1, -0.05) is 0 Å². The van der Waals surface area contributed by atoms with Crippen molar-refractivity contribution < 1.29 is 19.7 Å². The Kier molecular flexibility index (Phi) is 3.62. The summed E-state index contributed by atoms with van der Waals surface area (Å²) in [4.78, 5) is 24.7. The maximum absolute atomic E-state index is 11.6. The molecule has 1 aromatic heterocycles. The van der Waals surface area contributed by atoms with Crippen LogP contribution in [0.25, 0.3) is 0 Å². The van der Waals surface area contributed by atoms with Gasteiger partial charge in [0.25, 0.3) is 5.56 Å². The smallest absolute Gasteiger partial charge is 0.330 e. The summed E-state index contributed by atoms with van der Waals surface area (Å²) < 4.78 is 11.5. The molecule has 18 heavy (non-hydrogen) atoms. The summed E-state index contributed by atoms with van der Waals surface area (Å²) in [6, 6.07) is 1.16. The molecule has 1 fully saturated rings. The van der Waals surface area contributed by atoms with Crippen LogP contribution in [0, 0.1) is 0 Å². The molecule has 8 heteroatoms. The highest BCUT2D eigenvalue weighted by molar-refractivity contribution is 4.93. The summed E-state index contributed by atoms with van der Waals surface area (Å²) in [5, 5.41) is 18.9. The molecule has 0 spiro atoms. The average Bonchev–Trinajstić information content (AvgIpc) is 2.65. The normalized spacial score (nSPS) is 31.7. The van der Waals surface area contributed by atoms with Gasteiger partial charge in [0, 0.05) is 19.4 Å². The van der Waals surface area contributed by atoms with Crippen molar-refractivity contribution in [3.05, 3.63) is 33.1 Å². The molecule has 100 valence electrons. The lowest BCUT2D eigenvalue weighted by Crippen LogP contribution is -2.38. The average molecular weight is 258 g/mol. The minimum atomic E-state index is -1.05. The first-order chi connectivity index (χ1) is 8.58. The molecule has 1 saturated heterocycles. The number of aliphatic hydroxyl groups is 2. The van der Waals surface area contributed by atoms with Gasteiger partial charge in [0.2, 0.25) is 0 Å². The lowest BCUT2D eigenvalue weighted by Gasteiger charge is -2.19. The lowest BCUT2D eigenvalue weighted by atomic mass is 10.1. The highest BCUT2D eigenvalue weighted by Crippen LogP contribution is 2.29. The van der Waals surface area contributed by atoms with Crippen LogP contribution < -0.4 is 11.2 Å². The maximum atomic E-state index is 11.6. The van der Waals surface area contributed by atoms with Crippen LogP contribution in [0.15, 0.2) is 21.9 Å². The van der Waals surface area contributed by atoms with E-state index in [1.165, 1.54) is 13.3 Å². The molecule has 2 rings (SSSR count). The number of hydrogen-bond donors (Lipinski definition) is 3. The zero-order chi connectivity index (χ0) is 13.3. The van der Waals surface area contributed by atoms with Crippen molar-refractivity contribution in [2.75, 3.05) is 13.7 Å². The van der Waals surface area contributed by atoms with E-state index in [1.807, 2.05) is 0 Å². The van der Waals surface area contributed by atoms with Gasteiger partial charge in [-0.2, -0.15) is 0 Å². The molecule has 4 atom stereocenters. The Labute approximate surface area is 101 Å². The van der Waals surface area contributed by atoms with Crippen LogP contribution >= 0.6 is 0 Å². The van der Waals surface area contributed by atoms with Crippen molar-refractivity contribution >= 4 is 0 Å². The van der Waals surface area contributed by atoms with Crippen molar-refractivity contribution in [1.29, 1.82) is 0 Å². The Bertz CT molecular complexity index is 524. The quantitative estimate of drug-likeness (QED) is 0.567. The van der Waals surface area contributed by atoms with Crippen molar-refractivity contribution in [2.24, 2.45) is 0 Å². The molecule has 1 aliphatic rings. The predicted molar refractivity (Wildman–Crippen MR) is 59.1 cm³/mol. The monoisotopic (exact) mass is 258 g/mol. The fraction of sp³-hybridized carbons (Fsp3) is 0.600. The van der Waals surface area contributed by atoms with E-state index in [-0.39, 0.29) is 0 Å². The molecular formula is C10H14N2O6. The number of aliphatic hydroxyl groups excluding tert-OH is 2. The summed E-state index contributed by atoms with van der Waals surface area (Å²) >= 11 is 0. The van der Waals surface area contributed by atoms with Crippen LogP contribution in [0.4, 0.5) is 0 Å². The Morgan fingerprint density at radius 2 is 2.28 bits per heavy atom. The zero-order valence-corrected chi connectivity index (χ0v) is 9.65. The predicted octanol–water partition coefficient (Wildman–Crippen LogP) is -2.20. The standard InChI is InChI=1S/C10H14N2O6/c1-17-8-7(15)5(4-13)18-9(8)12-3-2-6(14)11-10(12)16/h2-3,5,7-9,13,15H,4H2,1H3,(H,11,14,16)/t5-,7+,8-,9-/m0/s1. The molecule has 2 heterocycles. The van der Waals surface area contributed by atoms with E-state index in [4.69, 9.17) is 14.6 Å². The highest BCUT2D eigenvalue weighted by atomic mass is 16.6. The first-order valence-electron chi connectivity index (χ1n) is 5.37. The number of rotatable bonds is 3. The van der Waals surface area contributed by atoms with Gasteiger partial charge >= 0.3 is 5.69 Å². The summed E-state index contributed by atoms with van der Waals surface area (Å²) in [7, 11) is 1.36. The molecule has 1 aromatic rings. The van der Waals surface area contributed by atoms with Crippen LogP contribution in [0.3, 0.4) is 0 Å². The van der Waals surface area contributed by atoms with Gasteiger partial charge in [-0.25, -0.2) is 4.79 Å². The van der Waals surface area contributed by atoms with Gasteiger partial charge in [-0.15, -0.1) is 0 Å². The number of nitrogens with zero attached hydrogens (tertiary/aromatic N) is 1.